The maximum atomic E-state index is 5.89. The van der Waals surface area contributed by atoms with Crippen LogP contribution in [0.3, 0.4) is 0 Å². The van der Waals surface area contributed by atoms with Crippen molar-refractivity contribution in [2.75, 3.05) is 18.5 Å². The Labute approximate surface area is 121 Å². The Kier molecular flexibility index (Phi) is 5.83. The maximum Gasteiger partial charge on any atom is 0.321 e. The third-order valence-electron chi connectivity index (χ3n) is 3.78. The second-order valence-corrected chi connectivity index (χ2v) is 6.01. The Morgan fingerprint density at radius 1 is 1.30 bits per heavy atom. The van der Waals surface area contributed by atoms with E-state index in [-0.39, 0.29) is 6.10 Å². The lowest BCUT2D eigenvalue weighted by atomic mass is 9.85. The van der Waals surface area contributed by atoms with E-state index < -0.39 is 0 Å². The van der Waals surface area contributed by atoms with Crippen LogP contribution >= 0.6 is 0 Å². The second kappa shape index (κ2) is 7.62. The summed E-state index contributed by atoms with van der Waals surface area (Å²) in [5.41, 5.74) is 0. The predicted molar refractivity (Wildman–Crippen MR) is 78.6 cm³/mol. The average molecular weight is 281 g/mol. The molecule has 2 rings (SSSR count). The van der Waals surface area contributed by atoms with Crippen molar-refractivity contribution in [2.45, 2.75) is 59.0 Å². The van der Waals surface area contributed by atoms with E-state index in [1.54, 1.807) is 0 Å². The molecule has 1 N–H and O–H groups in total. The third-order valence-corrected chi connectivity index (χ3v) is 3.78. The minimum atomic E-state index is -0.0151. The van der Waals surface area contributed by atoms with E-state index in [2.05, 4.69) is 29.3 Å². The first-order valence-corrected chi connectivity index (χ1v) is 7.89. The molecule has 5 nitrogen and oxygen atoms in total. The van der Waals surface area contributed by atoms with Gasteiger partial charge in [-0.25, -0.2) is 0 Å². The van der Waals surface area contributed by atoms with Gasteiger partial charge in [-0.1, -0.05) is 38.3 Å². The fourth-order valence-electron chi connectivity index (χ4n) is 2.75. The Hall–Kier alpha value is -1.10. The van der Waals surface area contributed by atoms with Crippen molar-refractivity contribution in [1.29, 1.82) is 0 Å². The van der Waals surface area contributed by atoms with Crippen molar-refractivity contribution >= 4 is 6.01 Å². The van der Waals surface area contributed by atoms with Crippen LogP contribution in [-0.2, 0) is 4.74 Å². The largest absolute Gasteiger partial charge is 0.370 e. The van der Waals surface area contributed by atoms with Gasteiger partial charge in [0.2, 0.25) is 5.82 Å². The van der Waals surface area contributed by atoms with Crippen LogP contribution in [0.5, 0.6) is 0 Å². The number of nitrogens with zero attached hydrogens (tertiary/aromatic N) is 2. The van der Waals surface area contributed by atoms with Gasteiger partial charge in [0.05, 0.1) is 0 Å². The lowest BCUT2D eigenvalue weighted by Crippen LogP contribution is -2.20. The first kappa shape index (κ1) is 15.3. The highest BCUT2D eigenvalue weighted by atomic mass is 16.5. The molecular weight excluding hydrogens is 254 g/mol. The van der Waals surface area contributed by atoms with Crippen molar-refractivity contribution < 1.29 is 9.26 Å². The van der Waals surface area contributed by atoms with Gasteiger partial charge < -0.3 is 14.6 Å². The van der Waals surface area contributed by atoms with E-state index in [1.807, 2.05) is 6.92 Å². The summed E-state index contributed by atoms with van der Waals surface area (Å²) in [5.74, 6) is 1.77. The van der Waals surface area contributed by atoms with Crippen molar-refractivity contribution in [3.8, 4) is 0 Å². The molecule has 1 aromatic heterocycles. The quantitative estimate of drug-likeness (QED) is 0.823. The zero-order valence-electron chi connectivity index (χ0n) is 12.9. The van der Waals surface area contributed by atoms with Gasteiger partial charge in [-0.3, -0.25) is 0 Å². The van der Waals surface area contributed by atoms with Crippen molar-refractivity contribution in [3.05, 3.63) is 5.82 Å². The van der Waals surface area contributed by atoms with E-state index in [4.69, 9.17) is 9.26 Å². The minimum absolute atomic E-state index is 0.0151. The second-order valence-electron chi connectivity index (χ2n) is 6.01. The molecule has 0 bridgehead atoms. The molecule has 5 heteroatoms. The highest BCUT2D eigenvalue weighted by Crippen LogP contribution is 2.36. The first-order chi connectivity index (χ1) is 9.70. The van der Waals surface area contributed by atoms with E-state index >= 15 is 0 Å². The maximum absolute atomic E-state index is 5.89. The van der Waals surface area contributed by atoms with Crippen molar-refractivity contribution in [3.63, 3.8) is 0 Å². The highest BCUT2D eigenvalue weighted by molar-refractivity contribution is 5.18. The molecule has 1 aliphatic carbocycles. The van der Waals surface area contributed by atoms with E-state index in [9.17, 15) is 0 Å². The van der Waals surface area contributed by atoms with Crippen LogP contribution in [0.4, 0.5) is 6.01 Å². The summed E-state index contributed by atoms with van der Waals surface area (Å²) in [5, 5.41) is 7.28. The molecule has 1 fully saturated rings. The zero-order chi connectivity index (χ0) is 14.4. The van der Waals surface area contributed by atoms with Gasteiger partial charge in [-0.15, -0.1) is 0 Å². The molecule has 0 radical (unpaired) electrons. The van der Waals surface area contributed by atoms with Crippen LogP contribution in [0.15, 0.2) is 4.52 Å². The third kappa shape index (κ3) is 4.20. The van der Waals surface area contributed by atoms with Crippen LogP contribution < -0.4 is 5.32 Å². The van der Waals surface area contributed by atoms with E-state index in [0.29, 0.717) is 30.3 Å². The van der Waals surface area contributed by atoms with Gasteiger partial charge in [0, 0.05) is 13.2 Å². The Balaban J connectivity index is 2.00. The molecule has 0 amide bonds. The van der Waals surface area contributed by atoms with Crippen molar-refractivity contribution in [1.82, 2.24) is 10.1 Å². The molecule has 1 saturated carbocycles. The number of rotatable bonds is 7. The van der Waals surface area contributed by atoms with Gasteiger partial charge in [0.15, 0.2) is 0 Å². The number of nitrogens with one attached hydrogen (secondary N) is 1. The predicted octanol–water partition coefficient (Wildman–Crippen LogP) is 3.80. The SMILES string of the molecule is CCOC(c1noc(NCC(C)C)n1)C1CCCCC1. The van der Waals surface area contributed by atoms with Crippen LogP contribution in [0.2, 0.25) is 0 Å². The average Bonchev–Trinajstić information content (AvgIpc) is 2.92. The Morgan fingerprint density at radius 3 is 2.70 bits per heavy atom. The van der Waals surface area contributed by atoms with E-state index in [1.165, 1.54) is 32.1 Å². The first-order valence-electron chi connectivity index (χ1n) is 7.89. The number of aromatic nitrogens is 2. The summed E-state index contributed by atoms with van der Waals surface area (Å²) < 4.78 is 11.2. The summed E-state index contributed by atoms with van der Waals surface area (Å²) in [6.45, 7) is 7.84. The van der Waals surface area contributed by atoms with Crippen LogP contribution in [0, 0.1) is 11.8 Å². The molecule has 0 aromatic carbocycles. The topological polar surface area (TPSA) is 60.2 Å². The molecule has 0 spiro atoms. The van der Waals surface area contributed by atoms with Gasteiger partial charge in [-0.05, 0) is 31.6 Å². The number of ether oxygens (including phenoxy) is 1. The summed E-state index contributed by atoms with van der Waals surface area (Å²) in [4.78, 5) is 4.46. The molecule has 1 aliphatic rings. The Bertz CT molecular complexity index is 386. The number of hydrogen-bond donors (Lipinski definition) is 1. The molecule has 114 valence electrons. The molecule has 1 aromatic rings. The van der Waals surface area contributed by atoms with E-state index in [0.717, 1.165) is 6.54 Å². The fraction of sp³-hybridized carbons (Fsp3) is 0.867. The molecule has 1 atom stereocenters. The molecule has 0 saturated heterocycles. The molecular formula is C15H27N3O2. The summed E-state index contributed by atoms with van der Waals surface area (Å²) in [6, 6.07) is 0.509. The van der Waals surface area contributed by atoms with Crippen LogP contribution in [-0.4, -0.2) is 23.3 Å². The number of hydrogen-bond acceptors (Lipinski definition) is 5. The Morgan fingerprint density at radius 2 is 2.05 bits per heavy atom. The summed E-state index contributed by atoms with van der Waals surface area (Å²) >= 11 is 0. The number of anilines is 1. The lowest BCUT2D eigenvalue weighted by Gasteiger charge is -2.27. The van der Waals surface area contributed by atoms with Crippen LogP contribution in [0.1, 0.15) is 64.8 Å². The molecule has 1 heterocycles. The van der Waals surface area contributed by atoms with Gasteiger partial charge in [0.25, 0.3) is 0 Å². The summed E-state index contributed by atoms with van der Waals surface area (Å²) in [6.07, 6.45) is 6.29. The van der Waals surface area contributed by atoms with Gasteiger partial charge >= 0.3 is 6.01 Å². The molecule has 0 aliphatic heterocycles. The smallest absolute Gasteiger partial charge is 0.321 e. The minimum Gasteiger partial charge on any atom is -0.370 e. The van der Waals surface area contributed by atoms with Gasteiger partial charge in [-0.2, -0.15) is 4.98 Å². The lowest BCUT2D eigenvalue weighted by molar-refractivity contribution is -0.00145. The standard InChI is InChI=1S/C15H27N3O2/c1-4-19-13(12-8-6-5-7-9-12)14-17-15(20-18-14)16-10-11(2)3/h11-13H,4-10H2,1-3H3,(H,16,17,18). The monoisotopic (exact) mass is 281 g/mol. The van der Waals surface area contributed by atoms with Crippen molar-refractivity contribution in [2.24, 2.45) is 11.8 Å². The fourth-order valence-corrected chi connectivity index (χ4v) is 2.75. The summed E-state index contributed by atoms with van der Waals surface area (Å²) in [7, 11) is 0. The normalized spacial score (nSPS) is 18.4. The molecule has 1 unspecified atom stereocenters. The van der Waals surface area contributed by atoms with Gasteiger partial charge in [0.1, 0.15) is 6.10 Å². The zero-order valence-corrected chi connectivity index (χ0v) is 12.9. The highest BCUT2D eigenvalue weighted by Gasteiger charge is 2.29. The van der Waals surface area contributed by atoms with Crippen LogP contribution in [0.25, 0.3) is 0 Å². The molecule has 20 heavy (non-hydrogen) atoms.